The molecule has 0 spiro atoms. The normalized spacial score (nSPS) is 23.6. The maximum Gasteiger partial charge on any atom is 0.271 e. The van der Waals surface area contributed by atoms with E-state index in [1.54, 1.807) is 6.08 Å². The summed E-state index contributed by atoms with van der Waals surface area (Å²) in [6, 6.07) is 9.80. The number of aliphatic hydroxyl groups excluding tert-OH is 1. The fourth-order valence-electron chi connectivity index (χ4n) is 2.00. The average Bonchev–Trinajstić information content (AvgIpc) is 2.52. The molecule has 1 heterocycles. The Morgan fingerprint density at radius 2 is 1.94 bits per heavy atom. The largest absolute Gasteiger partial charge is 0.622 e. The van der Waals surface area contributed by atoms with Crippen molar-refractivity contribution in [1.82, 2.24) is 0 Å². The molecule has 0 aromatic heterocycles. The van der Waals surface area contributed by atoms with E-state index in [0.29, 0.717) is 16.9 Å². The van der Waals surface area contributed by atoms with Gasteiger partial charge in [-0.15, -0.1) is 0 Å². The number of nitrogens with zero attached hydrogens (tertiary/aromatic N) is 1. The van der Waals surface area contributed by atoms with Crippen LogP contribution in [0.2, 0.25) is 0 Å². The molecule has 0 radical (unpaired) electrons. The van der Waals surface area contributed by atoms with Crippen molar-refractivity contribution in [3.8, 4) is 0 Å². The van der Waals surface area contributed by atoms with Crippen molar-refractivity contribution >= 4 is 11.8 Å². The highest BCUT2D eigenvalue weighted by atomic mass is 16.5. The lowest BCUT2D eigenvalue weighted by molar-refractivity contribution is -0.557. The topological polar surface area (TPSA) is 46.3 Å². The Balaban J connectivity index is 2.18. The second-order valence-electron chi connectivity index (χ2n) is 5.10. The molecule has 0 saturated heterocycles. The van der Waals surface area contributed by atoms with E-state index >= 15 is 0 Å². The zero-order valence-electron chi connectivity index (χ0n) is 10.1. The monoisotopic (exact) mass is 231 g/mol. The van der Waals surface area contributed by atoms with Gasteiger partial charge in [-0.05, 0) is 11.6 Å². The van der Waals surface area contributed by atoms with Crippen molar-refractivity contribution in [2.45, 2.75) is 26.5 Å². The molecular formula is C14H17NO2. The van der Waals surface area contributed by atoms with E-state index < -0.39 is 6.23 Å². The van der Waals surface area contributed by atoms with Crippen LogP contribution in [-0.4, -0.2) is 21.8 Å². The Kier molecular flexibility index (Phi) is 3.03. The van der Waals surface area contributed by atoms with Gasteiger partial charge in [0.2, 0.25) is 0 Å². The summed E-state index contributed by atoms with van der Waals surface area (Å²) in [5.41, 5.74) is 1.30. The third-order valence-corrected chi connectivity index (χ3v) is 3.11. The molecule has 0 aliphatic carbocycles. The van der Waals surface area contributed by atoms with Gasteiger partial charge in [0.15, 0.2) is 5.71 Å². The summed E-state index contributed by atoms with van der Waals surface area (Å²) < 4.78 is 0.708. The molecule has 1 aromatic carbocycles. The maximum absolute atomic E-state index is 11.7. The highest BCUT2D eigenvalue weighted by Crippen LogP contribution is 2.32. The van der Waals surface area contributed by atoms with Crippen LogP contribution in [0.5, 0.6) is 0 Å². The summed E-state index contributed by atoms with van der Waals surface area (Å²) in [6.07, 6.45) is 3.34. The van der Waals surface area contributed by atoms with Crippen LogP contribution in [0.15, 0.2) is 36.4 Å². The van der Waals surface area contributed by atoms with Crippen LogP contribution in [0.1, 0.15) is 25.8 Å². The minimum Gasteiger partial charge on any atom is -0.622 e. The first kappa shape index (κ1) is 11.9. The molecule has 0 amide bonds. The van der Waals surface area contributed by atoms with Gasteiger partial charge in [-0.1, -0.05) is 44.2 Å². The summed E-state index contributed by atoms with van der Waals surface area (Å²) in [4.78, 5) is 0. The van der Waals surface area contributed by atoms with Crippen molar-refractivity contribution in [3.05, 3.63) is 47.2 Å². The molecule has 1 aliphatic heterocycles. The highest BCUT2D eigenvalue weighted by Gasteiger charge is 2.43. The predicted molar refractivity (Wildman–Crippen MR) is 68.5 cm³/mol. The van der Waals surface area contributed by atoms with Crippen LogP contribution < -0.4 is 0 Å². The zero-order valence-corrected chi connectivity index (χ0v) is 10.1. The third-order valence-electron chi connectivity index (χ3n) is 3.11. The molecule has 0 bridgehead atoms. The summed E-state index contributed by atoms with van der Waals surface area (Å²) in [6.45, 7) is 3.79. The van der Waals surface area contributed by atoms with Crippen molar-refractivity contribution in [3.63, 3.8) is 0 Å². The van der Waals surface area contributed by atoms with Gasteiger partial charge in [-0.2, -0.15) is 4.74 Å². The van der Waals surface area contributed by atoms with Gasteiger partial charge in [0.25, 0.3) is 6.23 Å². The lowest BCUT2D eigenvalue weighted by Gasteiger charge is -2.18. The second-order valence-corrected chi connectivity index (χ2v) is 5.10. The number of aliphatic hydroxyl groups is 1. The number of benzene rings is 1. The van der Waals surface area contributed by atoms with Gasteiger partial charge in [-0.3, -0.25) is 0 Å². The molecule has 1 unspecified atom stereocenters. The lowest BCUT2D eigenvalue weighted by Crippen LogP contribution is -2.30. The van der Waals surface area contributed by atoms with E-state index in [2.05, 4.69) is 0 Å². The van der Waals surface area contributed by atoms with E-state index in [0.717, 1.165) is 5.56 Å². The molecule has 0 fully saturated rings. The Hall–Kier alpha value is -1.61. The smallest absolute Gasteiger partial charge is 0.271 e. The summed E-state index contributed by atoms with van der Waals surface area (Å²) in [5.74, 6) is 0. The van der Waals surface area contributed by atoms with Crippen LogP contribution >= 0.6 is 0 Å². The number of allylic oxidation sites excluding steroid dienone is 1. The van der Waals surface area contributed by atoms with Crippen LogP contribution in [0, 0.1) is 10.6 Å². The molecule has 2 rings (SSSR count). The summed E-state index contributed by atoms with van der Waals surface area (Å²) >= 11 is 0. The van der Waals surface area contributed by atoms with E-state index in [1.807, 2.05) is 50.3 Å². The SMILES string of the molecule is CC1(C)CC(/C=C/c2ccccc2)=[N+]([O-])C1O. The Bertz CT molecular complexity index is 460. The Morgan fingerprint density at radius 1 is 1.29 bits per heavy atom. The molecule has 17 heavy (non-hydrogen) atoms. The molecule has 1 N–H and O–H groups in total. The van der Waals surface area contributed by atoms with E-state index in [4.69, 9.17) is 0 Å². The van der Waals surface area contributed by atoms with Crippen molar-refractivity contribution in [2.75, 3.05) is 0 Å². The third kappa shape index (κ3) is 2.39. The first-order valence-corrected chi connectivity index (χ1v) is 5.74. The zero-order chi connectivity index (χ0) is 12.5. The standard InChI is InChI=1S/C14H17NO2/c1-14(2)10-12(15(17)13(14)16)9-8-11-6-4-3-5-7-11/h3-9,13,16H,10H2,1-2H3/b9-8+. The first-order valence-electron chi connectivity index (χ1n) is 5.74. The first-order chi connectivity index (χ1) is 8.00. The molecule has 90 valence electrons. The molecule has 3 heteroatoms. The lowest BCUT2D eigenvalue weighted by atomic mass is 9.88. The predicted octanol–water partition coefficient (Wildman–Crippen LogP) is 2.40. The van der Waals surface area contributed by atoms with Gasteiger partial charge in [0.05, 0.1) is 5.41 Å². The number of hydrogen-bond donors (Lipinski definition) is 1. The number of hydroxylamine groups is 1. The van der Waals surface area contributed by atoms with E-state index in [1.165, 1.54) is 0 Å². The Labute approximate surface area is 101 Å². The fourth-order valence-corrected chi connectivity index (χ4v) is 2.00. The minimum absolute atomic E-state index is 0.377. The van der Waals surface area contributed by atoms with Crippen LogP contribution in [0.4, 0.5) is 0 Å². The van der Waals surface area contributed by atoms with Crippen LogP contribution in [0.3, 0.4) is 0 Å². The van der Waals surface area contributed by atoms with E-state index in [-0.39, 0.29) is 5.41 Å². The van der Waals surface area contributed by atoms with Crippen LogP contribution in [0.25, 0.3) is 6.08 Å². The molecular weight excluding hydrogens is 214 g/mol. The fraction of sp³-hybridized carbons (Fsp3) is 0.357. The van der Waals surface area contributed by atoms with Crippen molar-refractivity contribution in [1.29, 1.82) is 0 Å². The summed E-state index contributed by atoms with van der Waals surface area (Å²) in [5, 5.41) is 21.5. The van der Waals surface area contributed by atoms with Gasteiger partial charge in [0, 0.05) is 12.5 Å². The van der Waals surface area contributed by atoms with Gasteiger partial charge in [-0.25, -0.2) is 0 Å². The molecule has 3 nitrogen and oxygen atoms in total. The van der Waals surface area contributed by atoms with Crippen molar-refractivity contribution < 1.29 is 9.85 Å². The van der Waals surface area contributed by atoms with E-state index in [9.17, 15) is 10.3 Å². The average molecular weight is 231 g/mol. The Morgan fingerprint density at radius 3 is 2.47 bits per heavy atom. The minimum atomic E-state index is -0.946. The molecule has 1 aliphatic rings. The van der Waals surface area contributed by atoms with Gasteiger partial charge < -0.3 is 10.3 Å². The van der Waals surface area contributed by atoms with Gasteiger partial charge in [0.1, 0.15) is 0 Å². The molecule has 0 saturated carbocycles. The number of rotatable bonds is 2. The maximum atomic E-state index is 11.7. The number of hydrogen-bond acceptors (Lipinski definition) is 2. The molecule has 1 aromatic rings. The van der Waals surface area contributed by atoms with Crippen molar-refractivity contribution in [2.24, 2.45) is 5.41 Å². The van der Waals surface area contributed by atoms with Crippen LogP contribution in [-0.2, 0) is 0 Å². The second kappa shape index (κ2) is 4.34. The molecule has 1 atom stereocenters. The highest BCUT2D eigenvalue weighted by molar-refractivity contribution is 5.95. The quantitative estimate of drug-likeness (QED) is 0.627. The summed E-state index contributed by atoms with van der Waals surface area (Å²) in [7, 11) is 0. The van der Waals surface area contributed by atoms with Gasteiger partial charge >= 0.3 is 0 Å².